The Kier molecular flexibility index (Phi) is 5.37. The number of nitrogens with zero attached hydrogens (tertiary/aromatic N) is 2. The molecule has 2 rings (SSSR count). The van der Waals surface area contributed by atoms with Crippen LogP contribution in [0, 0.1) is 0 Å². The topological polar surface area (TPSA) is 51.1 Å². The summed E-state index contributed by atoms with van der Waals surface area (Å²) in [4.78, 5) is 0. The lowest BCUT2D eigenvalue weighted by atomic mass is 10.3. The van der Waals surface area contributed by atoms with Gasteiger partial charge in [0.1, 0.15) is 5.75 Å². The number of thiocarbonyl (C=S) groups is 1. The van der Waals surface area contributed by atoms with Crippen molar-refractivity contribution in [1.82, 2.24) is 15.1 Å². The number of aromatic nitrogens is 2. The van der Waals surface area contributed by atoms with Gasteiger partial charge in [-0.05, 0) is 40.3 Å². The summed E-state index contributed by atoms with van der Waals surface area (Å²) in [6, 6.07) is 7.63. The summed E-state index contributed by atoms with van der Waals surface area (Å²) in [5.74, 6) is 0.757. The Morgan fingerprint density at radius 1 is 1.45 bits per heavy atom. The molecular weight excluding hydrogens is 340 g/mol. The van der Waals surface area contributed by atoms with E-state index < -0.39 is 0 Å². The molecule has 1 heterocycles. The third kappa shape index (κ3) is 4.21. The molecule has 5 nitrogen and oxygen atoms in total. The van der Waals surface area contributed by atoms with Crippen molar-refractivity contribution in [1.29, 1.82) is 0 Å². The van der Waals surface area contributed by atoms with Crippen LogP contribution >= 0.6 is 28.1 Å². The first-order valence-electron chi connectivity index (χ1n) is 6.05. The van der Waals surface area contributed by atoms with Crippen molar-refractivity contribution < 1.29 is 4.74 Å². The Bertz CT molecular complexity index is 587. The van der Waals surface area contributed by atoms with Gasteiger partial charge in [0.25, 0.3) is 0 Å². The van der Waals surface area contributed by atoms with E-state index in [1.807, 2.05) is 35.1 Å². The molecule has 0 fully saturated rings. The fraction of sp³-hybridized carbons (Fsp3) is 0.231. The molecule has 0 atom stereocenters. The highest BCUT2D eigenvalue weighted by molar-refractivity contribution is 9.10. The SMILES string of the molecule is COc1ccccc1NC(=S)NCCn1cc(Br)cn1. The minimum Gasteiger partial charge on any atom is -0.495 e. The first-order chi connectivity index (χ1) is 9.69. The maximum absolute atomic E-state index is 5.25. The van der Waals surface area contributed by atoms with Crippen molar-refractivity contribution in [3.8, 4) is 5.75 Å². The summed E-state index contributed by atoms with van der Waals surface area (Å²) < 4.78 is 8.05. The van der Waals surface area contributed by atoms with E-state index in [1.165, 1.54) is 0 Å². The number of rotatable bonds is 5. The quantitative estimate of drug-likeness (QED) is 0.808. The van der Waals surface area contributed by atoms with Crippen molar-refractivity contribution in [2.75, 3.05) is 19.0 Å². The van der Waals surface area contributed by atoms with Crippen LogP contribution in [0.2, 0.25) is 0 Å². The third-order valence-electron chi connectivity index (χ3n) is 2.58. The van der Waals surface area contributed by atoms with Crippen molar-refractivity contribution in [2.24, 2.45) is 0 Å². The van der Waals surface area contributed by atoms with Crippen molar-refractivity contribution in [2.45, 2.75) is 6.54 Å². The number of nitrogens with one attached hydrogen (secondary N) is 2. The summed E-state index contributed by atoms with van der Waals surface area (Å²) in [5.41, 5.74) is 0.842. The number of hydrogen-bond donors (Lipinski definition) is 2. The first-order valence-corrected chi connectivity index (χ1v) is 7.25. The van der Waals surface area contributed by atoms with E-state index in [0.717, 1.165) is 22.5 Å². The van der Waals surface area contributed by atoms with Gasteiger partial charge in [-0.15, -0.1) is 0 Å². The lowest BCUT2D eigenvalue weighted by Gasteiger charge is -2.13. The maximum atomic E-state index is 5.25. The summed E-state index contributed by atoms with van der Waals surface area (Å²) in [5, 5.41) is 11.0. The number of benzene rings is 1. The van der Waals surface area contributed by atoms with E-state index in [0.29, 0.717) is 11.7 Å². The summed E-state index contributed by atoms with van der Waals surface area (Å²) in [6.07, 6.45) is 3.67. The van der Waals surface area contributed by atoms with Gasteiger partial charge in [-0.2, -0.15) is 5.10 Å². The van der Waals surface area contributed by atoms with E-state index >= 15 is 0 Å². The molecule has 2 N–H and O–H groups in total. The molecule has 20 heavy (non-hydrogen) atoms. The Labute approximate surface area is 131 Å². The largest absolute Gasteiger partial charge is 0.495 e. The molecule has 0 bridgehead atoms. The van der Waals surface area contributed by atoms with Crippen LogP contribution in [-0.2, 0) is 6.54 Å². The second-order valence-electron chi connectivity index (χ2n) is 4.00. The van der Waals surface area contributed by atoms with Crippen molar-refractivity contribution in [3.05, 3.63) is 41.1 Å². The van der Waals surface area contributed by atoms with Crippen LogP contribution in [0.5, 0.6) is 5.75 Å². The van der Waals surface area contributed by atoms with Gasteiger partial charge in [-0.3, -0.25) is 4.68 Å². The van der Waals surface area contributed by atoms with Crippen LogP contribution in [0.25, 0.3) is 0 Å². The Morgan fingerprint density at radius 3 is 2.95 bits per heavy atom. The van der Waals surface area contributed by atoms with Gasteiger partial charge in [0.15, 0.2) is 5.11 Å². The predicted octanol–water partition coefficient (Wildman–Crippen LogP) is 2.64. The average Bonchev–Trinajstić information content (AvgIpc) is 2.85. The van der Waals surface area contributed by atoms with E-state index in [4.69, 9.17) is 17.0 Å². The van der Waals surface area contributed by atoms with Crippen molar-refractivity contribution >= 4 is 38.9 Å². The monoisotopic (exact) mass is 354 g/mol. The van der Waals surface area contributed by atoms with Gasteiger partial charge < -0.3 is 15.4 Å². The van der Waals surface area contributed by atoms with Crippen LogP contribution in [0.1, 0.15) is 0 Å². The van der Waals surface area contributed by atoms with Crippen LogP contribution < -0.4 is 15.4 Å². The molecular formula is C13H15BrN4OS. The zero-order chi connectivity index (χ0) is 14.4. The van der Waals surface area contributed by atoms with E-state index in [-0.39, 0.29) is 0 Å². The van der Waals surface area contributed by atoms with E-state index in [1.54, 1.807) is 13.3 Å². The molecule has 0 saturated heterocycles. The van der Waals surface area contributed by atoms with Gasteiger partial charge in [0.2, 0.25) is 0 Å². The number of para-hydroxylation sites is 2. The molecule has 1 aromatic heterocycles. The Hall–Kier alpha value is -1.60. The predicted molar refractivity (Wildman–Crippen MR) is 87.1 cm³/mol. The molecule has 0 aliphatic rings. The summed E-state index contributed by atoms with van der Waals surface area (Å²) in [6.45, 7) is 1.43. The zero-order valence-corrected chi connectivity index (χ0v) is 13.4. The number of ether oxygens (including phenoxy) is 1. The molecule has 2 aromatic rings. The minimum absolute atomic E-state index is 0.556. The third-order valence-corrected chi connectivity index (χ3v) is 3.24. The van der Waals surface area contributed by atoms with Crippen LogP contribution in [0.4, 0.5) is 5.69 Å². The number of methoxy groups -OCH3 is 1. The molecule has 0 aliphatic heterocycles. The first kappa shape index (κ1) is 14.8. The molecule has 7 heteroatoms. The lowest BCUT2D eigenvalue weighted by molar-refractivity contribution is 0.417. The van der Waals surface area contributed by atoms with Crippen LogP contribution in [0.3, 0.4) is 0 Å². The van der Waals surface area contributed by atoms with Gasteiger partial charge in [0, 0.05) is 12.7 Å². The fourth-order valence-electron chi connectivity index (χ4n) is 1.66. The molecule has 0 aliphatic carbocycles. The molecule has 1 aromatic carbocycles. The lowest BCUT2D eigenvalue weighted by Crippen LogP contribution is -2.31. The number of halogens is 1. The van der Waals surface area contributed by atoms with Gasteiger partial charge in [-0.25, -0.2) is 0 Å². The minimum atomic E-state index is 0.556. The van der Waals surface area contributed by atoms with E-state index in [9.17, 15) is 0 Å². The fourth-order valence-corrected chi connectivity index (χ4v) is 2.20. The Balaban J connectivity index is 1.80. The second-order valence-corrected chi connectivity index (χ2v) is 5.33. The van der Waals surface area contributed by atoms with Crippen LogP contribution in [0.15, 0.2) is 41.1 Å². The van der Waals surface area contributed by atoms with E-state index in [2.05, 4.69) is 31.7 Å². The van der Waals surface area contributed by atoms with Gasteiger partial charge in [0.05, 0.1) is 30.0 Å². The highest BCUT2D eigenvalue weighted by atomic mass is 79.9. The van der Waals surface area contributed by atoms with Crippen LogP contribution in [-0.4, -0.2) is 28.5 Å². The summed E-state index contributed by atoms with van der Waals surface area (Å²) in [7, 11) is 1.63. The van der Waals surface area contributed by atoms with Gasteiger partial charge >= 0.3 is 0 Å². The molecule has 0 amide bonds. The molecule has 0 saturated carbocycles. The van der Waals surface area contributed by atoms with Crippen molar-refractivity contribution in [3.63, 3.8) is 0 Å². The summed E-state index contributed by atoms with van der Waals surface area (Å²) >= 11 is 8.60. The molecule has 0 radical (unpaired) electrons. The molecule has 106 valence electrons. The number of hydrogen-bond acceptors (Lipinski definition) is 3. The Morgan fingerprint density at radius 2 is 2.25 bits per heavy atom. The smallest absolute Gasteiger partial charge is 0.170 e. The highest BCUT2D eigenvalue weighted by Crippen LogP contribution is 2.22. The zero-order valence-electron chi connectivity index (χ0n) is 11.0. The number of anilines is 1. The standard InChI is InChI=1S/C13H15BrN4OS/c1-19-12-5-3-2-4-11(12)17-13(20)15-6-7-18-9-10(14)8-16-18/h2-5,8-9H,6-7H2,1H3,(H2,15,17,20). The molecule has 0 unspecified atom stereocenters. The normalized spacial score (nSPS) is 10.1. The average molecular weight is 355 g/mol. The van der Waals surface area contributed by atoms with Gasteiger partial charge in [-0.1, -0.05) is 12.1 Å². The second kappa shape index (κ2) is 7.25. The molecule has 0 spiro atoms. The maximum Gasteiger partial charge on any atom is 0.170 e. The highest BCUT2D eigenvalue weighted by Gasteiger charge is 2.03.